The van der Waals surface area contributed by atoms with Crippen LogP contribution in [0.1, 0.15) is 271 Å². The van der Waals surface area contributed by atoms with E-state index in [1.54, 1.807) is 0 Å². The van der Waals surface area contributed by atoms with Gasteiger partial charge in [-0.1, -0.05) is 215 Å². The summed E-state index contributed by atoms with van der Waals surface area (Å²) in [6, 6.07) is 0. The second-order valence-corrected chi connectivity index (χ2v) is 18.8. The van der Waals surface area contributed by atoms with E-state index >= 15 is 0 Å². The number of esters is 3. The minimum Gasteiger partial charge on any atom is -0.462 e. The van der Waals surface area contributed by atoms with Crippen molar-refractivity contribution in [2.75, 3.05) is 13.2 Å². The minimum atomic E-state index is -0.801. The topological polar surface area (TPSA) is 78.9 Å². The Labute approximate surface area is 420 Å². The van der Waals surface area contributed by atoms with Crippen LogP contribution in [0.5, 0.6) is 0 Å². The van der Waals surface area contributed by atoms with Gasteiger partial charge in [-0.2, -0.15) is 0 Å². The third-order valence-electron chi connectivity index (χ3n) is 12.1. The normalized spacial score (nSPS) is 12.7. The summed E-state index contributed by atoms with van der Waals surface area (Å²) in [5.41, 5.74) is 0. The number of allylic oxidation sites excluding steroid dienone is 14. The molecule has 68 heavy (non-hydrogen) atoms. The smallest absolute Gasteiger partial charge is 0.306 e. The number of hydrogen-bond acceptors (Lipinski definition) is 6. The predicted octanol–water partition coefficient (Wildman–Crippen LogP) is 19.2. The quantitative estimate of drug-likeness (QED) is 0.0262. The molecule has 0 saturated carbocycles. The van der Waals surface area contributed by atoms with Crippen molar-refractivity contribution < 1.29 is 28.6 Å². The van der Waals surface area contributed by atoms with Gasteiger partial charge in [-0.3, -0.25) is 14.4 Å². The Bertz CT molecular complexity index is 1320. The van der Waals surface area contributed by atoms with Crippen molar-refractivity contribution in [2.24, 2.45) is 0 Å². The summed E-state index contributed by atoms with van der Waals surface area (Å²) in [5, 5.41) is 0. The van der Waals surface area contributed by atoms with Crippen LogP contribution in [0.2, 0.25) is 0 Å². The first-order valence-electron chi connectivity index (χ1n) is 28.6. The molecule has 1 atom stereocenters. The lowest BCUT2D eigenvalue weighted by atomic mass is 10.1. The molecule has 0 aliphatic carbocycles. The van der Waals surface area contributed by atoms with Gasteiger partial charge in [0.05, 0.1) is 0 Å². The molecular formula is C62H106O6. The molecule has 0 heterocycles. The van der Waals surface area contributed by atoms with E-state index in [4.69, 9.17) is 14.2 Å². The van der Waals surface area contributed by atoms with Gasteiger partial charge in [0.2, 0.25) is 0 Å². The second kappa shape index (κ2) is 56.2. The van der Waals surface area contributed by atoms with Gasteiger partial charge in [0.15, 0.2) is 6.10 Å². The lowest BCUT2D eigenvalue weighted by molar-refractivity contribution is -0.167. The summed E-state index contributed by atoms with van der Waals surface area (Å²) in [4.78, 5) is 38.1. The molecule has 0 spiro atoms. The molecular weight excluding hydrogens is 841 g/mol. The Balaban J connectivity index is 4.48. The Morgan fingerprint density at radius 3 is 0.882 bits per heavy atom. The van der Waals surface area contributed by atoms with E-state index in [2.05, 4.69) is 106 Å². The summed E-state index contributed by atoms with van der Waals surface area (Å²) >= 11 is 0. The van der Waals surface area contributed by atoms with Gasteiger partial charge < -0.3 is 14.2 Å². The maximum atomic E-state index is 12.8. The lowest BCUT2D eigenvalue weighted by Crippen LogP contribution is -2.30. The zero-order chi connectivity index (χ0) is 49.3. The van der Waals surface area contributed by atoms with E-state index in [1.165, 1.54) is 109 Å². The van der Waals surface area contributed by atoms with Gasteiger partial charge in [-0.25, -0.2) is 0 Å². The number of carbonyl (C=O) groups excluding carboxylic acids is 3. The van der Waals surface area contributed by atoms with E-state index in [9.17, 15) is 14.4 Å². The fourth-order valence-electron chi connectivity index (χ4n) is 7.74. The maximum absolute atomic E-state index is 12.8. The summed E-state index contributed by atoms with van der Waals surface area (Å²) in [7, 11) is 0. The van der Waals surface area contributed by atoms with Gasteiger partial charge >= 0.3 is 17.9 Å². The van der Waals surface area contributed by atoms with Crippen molar-refractivity contribution in [1.29, 1.82) is 0 Å². The van der Waals surface area contributed by atoms with Crippen LogP contribution in [-0.4, -0.2) is 37.2 Å². The molecule has 0 rings (SSSR count). The van der Waals surface area contributed by atoms with Gasteiger partial charge in [-0.15, -0.1) is 0 Å². The highest BCUT2D eigenvalue weighted by Crippen LogP contribution is 2.14. The first-order valence-corrected chi connectivity index (χ1v) is 28.6. The summed E-state index contributed by atoms with van der Waals surface area (Å²) < 4.78 is 16.8. The lowest BCUT2D eigenvalue weighted by Gasteiger charge is -2.18. The zero-order valence-corrected chi connectivity index (χ0v) is 44.6. The Morgan fingerprint density at radius 2 is 0.529 bits per heavy atom. The van der Waals surface area contributed by atoms with E-state index in [-0.39, 0.29) is 31.1 Å². The van der Waals surface area contributed by atoms with Crippen LogP contribution < -0.4 is 0 Å². The molecule has 0 N–H and O–H groups in total. The Hall–Kier alpha value is -3.41. The molecule has 0 aromatic heterocycles. The second-order valence-electron chi connectivity index (χ2n) is 18.8. The van der Waals surface area contributed by atoms with E-state index in [0.29, 0.717) is 19.3 Å². The van der Waals surface area contributed by atoms with Crippen LogP contribution >= 0.6 is 0 Å². The van der Waals surface area contributed by atoms with Crippen LogP contribution in [0, 0.1) is 0 Å². The fourth-order valence-corrected chi connectivity index (χ4v) is 7.74. The molecule has 0 aliphatic heterocycles. The van der Waals surface area contributed by atoms with Crippen molar-refractivity contribution in [3.8, 4) is 0 Å². The number of unbranched alkanes of at least 4 members (excludes halogenated alkanes) is 26. The van der Waals surface area contributed by atoms with E-state index in [1.807, 2.05) is 0 Å². The first-order chi connectivity index (χ1) is 33.5. The highest BCUT2D eigenvalue weighted by molar-refractivity contribution is 5.71. The predicted molar refractivity (Wildman–Crippen MR) is 293 cm³/mol. The molecule has 0 bridgehead atoms. The molecule has 0 unspecified atom stereocenters. The molecule has 0 radical (unpaired) electrons. The highest BCUT2D eigenvalue weighted by Gasteiger charge is 2.19. The fraction of sp³-hybridized carbons (Fsp3) is 0.726. The third-order valence-corrected chi connectivity index (χ3v) is 12.1. The van der Waals surface area contributed by atoms with Crippen LogP contribution in [-0.2, 0) is 28.6 Å². The maximum Gasteiger partial charge on any atom is 0.306 e. The monoisotopic (exact) mass is 947 g/mol. The standard InChI is InChI=1S/C62H106O6/c1-4-7-10-13-16-19-22-25-28-30-31-32-35-37-40-43-46-49-52-55-61(64)67-58-59(57-66-60(63)54-51-48-45-42-39-36-33-27-24-21-18-15-12-9-6-3)68-62(65)56-53-50-47-44-41-38-34-29-26-23-20-17-14-11-8-5-2/h16,18-19,21,25,27-29,31-34,37,40,59H,4-15,17,20,22-24,26,30,35-36,38-39,41-58H2,1-3H3/b19-16-,21-18-,28-25-,32-31-,33-27-,34-29-,40-37-/t59-/m1/s1. The van der Waals surface area contributed by atoms with Crippen molar-refractivity contribution in [2.45, 2.75) is 277 Å². The third kappa shape index (κ3) is 53.5. The molecule has 0 fully saturated rings. The largest absolute Gasteiger partial charge is 0.462 e. The Morgan fingerprint density at radius 1 is 0.294 bits per heavy atom. The van der Waals surface area contributed by atoms with Crippen LogP contribution in [0.25, 0.3) is 0 Å². The molecule has 0 aromatic carbocycles. The molecule has 0 aromatic rings. The van der Waals surface area contributed by atoms with Crippen molar-refractivity contribution >= 4 is 17.9 Å². The average Bonchev–Trinajstić information content (AvgIpc) is 3.34. The first kappa shape index (κ1) is 64.6. The van der Waals surface area contributed by atoms with Gasteiger partial charge in [0.1, 0.15) is 13.2 Å². The SMILES string of the molecule is CCCCC/C=C\C/C=C\C/C=C\C/C=C\CCCCCC(=O)OC[C@@H](COC(=O)CCCCCCC/C=C\C/C=C\CCCCC)OC(=O)CCCCCCC/C=C\CCCCCCCCC. The zero-order valence-electron chi connectivity index (χ0n) is 44.6. The summed E-state index contributed by atoms with van der Waals surface area (Å²) in [6.45, 7) is 6.55. The molecule has 0 aliphatic rings. The van der Waals surface area contributed by atoms with Crippen molar-refractivity contribution in [3.63, 3.8) is 0 Å². The van der Waals surface area contributed by atoms with E-state index < -0.39 is 6.10 Å². The highest BCUT2D eigenvalue weighted by atomic mass is 16.6. The average molecular weight is 948 g/mol. The van der Waals surface area contributed by atoms with Crippen LogP contribution in [0.15, 0.2) is 85.1 Å². The van der Waals surface area contributed by atoms with Crippen LogP contribution in [0.3, 0.4) is 0 Å². The van der Waals surface area contributed by atoms with Gasteiger partial charge in [0, 0.05) is 19.3 Å². The molecule has 390 valence electrons. The molecule has 6 heteroatoms. The summed E-state index contributed by atoms with van der Waals surface area (Å²) in [6.07, 6.45) is 72.8. The van der Waals surface area contributed by atoms with Crippen molar-refractivity contribution in [1.82, 2.24) is 0 Å². The van der Waals surface area contributed by atoms with Gasteiger partial charge in [-0.05, 0) is 122 Å². The molecule has 0 saturated heterocycles. The van der Waals surface area contributed by atoms with E-state index in [0.717, 1.165) is 122 Å². The Kier molecular flexibility index (Phi) is 53.4. The van der Waals surface area contributed by atoms with Crippen molar-refractivity contribution in [3.05, 3.63) is 85.1 Å². The van der Waals surface area contributed by atoms with Gasteiger partial charge in [0.25, 0.3) is 0 Å². The number of hydrogen-bond donors (Lipinski definition) is 0. The number of carbonyl (C=O) groups is 3. The molecule has 0 amide bonds. The number of rotatable bonds is 51. The molecule has 6 nitrogen and oxygen atoms in total. The number of ether oxygens (including phenoxy) is 3. The van der Waals surface area contributed by atoms with Crippen LogP contribution in [0.4, 0.5) is 0 Å². The summed E-state index contributed by atoms with van der Waals surface area (Å²) in [5.74, 6) is -0.946. The minimum absolute atomic E-state index is 0.0976.